The summed E-state index contributed by atoms with van der Waals surface area (Å²) in [5, 5.41) is 13.7. The van der Waals surface area contributed by atoms with Crippen LogP contribution in [0.3, 0.4) is 0 Å². The van der Waals surface area contributed by atoms with Crippen LogP contribution < -0.4 is 5.32 Å². The summed E-state index contributed by atoms with van der Waals surface area (Å²) in [4.78, 5) is 0. The van der Waals surface area contributed by atoms with Crippen molar-refractivity contribution in [2.24, 2.45) is 0 Å². The fourth-order valence-electron chi connectivity index (χ4n) is 2.49. The third-order valence-electron chi connectivity index (χ3n) is 3.34. The monoisotopic (exact) mass is 205 g/mol. The van der Waals surface area contributed by atoms with Gasteiger partial charge in [0.25, 0.3) is 0 Å². The van der Waals surface area contributed by atoms with Gasteiger partial charge >= 0.3 is 0 Å². The van der Waals surface area contributed by atoms with Gasteiger partial charge in [0, 0.05) is 0 Å². The first kappa shape index (κ1) is 10.7. The van der Waals surface area contributed by atoms with Gasteiger partial charge in [-0.3, -0.25) is 0 Å². The van der Waals surface area contributed by atoms with E-state index in [1.54, 1.807) is 0 Å². The molecule has 1 aromatic carbocycles. The summed E-state index contributed by atoms with van der Waals surface area (Å²) >= 11 is 0. The molecule has 1 atom stereocenters. The summed E-state index contributed by atoms with van der Waals surface area (Å²) in [7, 11) is 1.93. The molecule has 1 unspecified atom stereocenters. The molecular formula is C13H19NO. The molecular weight excluding hydrogens is 186 g/mol. The third-order valence-corrected chi connectivity index (χ3v) is 3.34. The van der Waals surface area contributed by atoms with E-state index in [2.05, 4.69) is 23.5 Å². The van der Waals surface area contributed by atoms with Gasteiger partial charge in [-0.2, -0.15) is 0 Å². The minimum Gasteiger partial charge on any atom is -0.385 e. The second-order valence-electron chi connectivity index (χ2n) is 4.40. The molecule has 2 rings (SSSR count). The topological polar surface area (TPSA) is 32.3 Å². The van der Waals surface area contributed by atoms with Crippen molar-refractivity contribution in [1.29, 1.82) is 0 Å². The Labute approximate surface area is 91.3 Å². The highest BCUT2D eigenvalue weighted by Gasteiger charge is 2.33. The summed E-state index contributed by atoms with van der Waals surface area (Å²) in [6, 6.07) is 8.29. The SMILES string of the molecule is CNCCC1(O)CCCc2ccccc21. The molecule has 1 aliphatic carbocycles. The third kappa shape index (κ3) is 2.06. The van der Waals surface area contributed by atoms with Gasteiger partial charge < -0.3 is 10.4 Å². The van der Waals surface area contributed by atoms with Gasteiger partial charge in [0.05, 0.1) is 5.60 Å². The Morgan fingerprint density at radius 3 is 3.00 bits per heavy atom. The van der Waals surface area contributed by atoms with Crippen LogP contribution in [0.2, 0.25) is 0 Å². The number of nitrogens with one attached hydrogen (secondary N) is 1. The zero-order chi connectivity index (χ0) is 10.7. The lowest BCUT2D eigenvalue weighted by atomic mass is 9.77. The first-order valence-electron chi connectivity index (χ1n) is 5.72. The number of hydrogen-bond acceptors (Lipinski definition) is 2. The van der Waals surface area contributed by atoms with Crippen LogP contribution in [0.4, 0.5) is 0 Å². The average molecular weight is 205 g/mol. The van der Waals surface area contributed by atoms with E-state index in [9.17, 15) is 5.11 Å². The van der Waals surface area contributed by atoms with Crippen LogP contribution in [0.15, 0.2) is 24.3 Å². The molecule has 0 amide bonds. The van der Waals surface area contributed by atoms with Crippen molar-refractivity contribution in [2.45, 2.75) is 31.3 Å². The van der Waals surface area contributed by atoms with Gasteiger partial charge in [-0.25, -0.2) is 0 Å². The van der Waals surface area contributed by atoms with Gasteiger partial charge in [0.15, 0.2) is 0 Å². The Bertz CT molecular complexity index is 337. The predicted octanol–water partition coefficient (Wildman–Crippen LogP) is 1.82. The lowest BCUT2D eigenvalue weighted by Crippen LogP contribution is -2.33. The number of aliphatic hydroxyl groups is 1. The van der Waals surface area contributed by atoms with Crippen LogP contribution >= 0.6 is 0 Å². The number of fused-ring (bicyclic) bond motifs is 1. The van der Waals surface area contributed by atoms with Crippen LogP contribution in [0.5, 0.6) is 0 Å². The molecule has 1 aromatic rings. The molecule has 0 heterocycles. The maximum absolute atomic E-state index is 10.6. The second-order valence-corrected chi connectivity index (χ2v) is 4.40. The first-order valence-corrected chi connectivity index (χ1v) is 5.72. The van der Waals surface area contributed by atoms with Gasteiger partial charge in [-0.05, 0) is 50.4 Å². The molecule has 15 heavy (non-hydrogen) atoms. The Morgan fingerprint density at radius 1 is 1.40 bits per heavy atom. The molecule has 2 nitrogen and oxygen atoms in total. The molecule has 0 radical (unpaired) electrons. The van der Waals surface area contributed by atoms with Crippen LogP contribution in [-0.4, -0.2) is 18.7 Å². The largest absolute Gasteiger partial charge is 0.385 e. The van der Waals surface area contributed by atoms with Crippen LogP contribution in [-0.2, 0) is 12.0 Å². The van der Waals surface area contributed by atoms with E-state index in [-0.39, 0.29) is 0 Å². The van der Waals surface area contributed by atoms with Gasteiger partial charge in [-0.1, -0.05) is 24.3 Å². The van der Waals surface area contributed by atoms with Gasteiger partial charge in [0.2, 0.25) is 0 Å². The smallest absolute Gasteiger partial charge is 0.0911 e. The fraction of sp³-hybridized carbons (Fsp3) is 0.538. The minimum atomic E-state index is -0.599. The van der Waals surface area contributed by atoms with Crippen LogP contribution in [0.1, 0.15) is 30.4 Å². The Morgan fingerprint density at radius 2 is 2.20 bits per heavy atom. The highest BCUT2D eigenvalue weighted by Crippen LogP contribution is 2.37. The summed E-state index contributed by atoms with van der Waals surface area (Å²) < 4.78 is 0. The zero-order valence-electron chi connectivity index (χ0n) is 9.29. The molecule has 0 fully saturated rings. The van der Waals surface area contributed by atoms with E-state index in [0.717, 1.165) is 37.8 Å². The van der Waals surface area contributed by atoms with E-state index < -0.39 is 5.60 Å². The van der Waals surface area contributed by atoms with Gasteiger partial charge in [-0.15, -0.1) is 0 Å². The second kappa shape index (κ2) is 4.33. The Balaban J connectivity index is 2.27. The standard InChI is InChI=1S/C13H19NO/c1-14-10-9-13(15)8-4-6-11-5-2-3-7-12(11)13/h2-3,5,7,14-15H,4,6,8-10H2,1H3. The number of benzene rings is 1. The van der Waals surface area contributed by atoms with Crippen molar-refractivity contribution in [1.82, 2.24) is 5.32 Å². The fourth-order valence-corrected chi connectivity index (χ4v) is 2.49. The summed E-state index contributed by atoms with van der Waals surface area (Å²) in [6.07, 6.45) is 3.90. The van der Waals surface area contributed by atoms with E-state index in [1.807, 2.05) is 13.1 Å². The molecule has 0 bridgehead atoms. The van der Waals surface area contributed by atoms with Crippen molar-refractivity contribution in [3.05, 3.63) is 35.4 Å². The molecule has 1 aliphatic rings. The van der Waals surface area contributed by atoms with Crippen molar-refractivity contribution in [3.63, 3.8) is 0 Å². The van der Waals surface area contributed by atoms with E-state index in [0.29, 0.717) is 0 Å². The predicted molar refractivity (Wildman–Crippen MR) is 61.8 cm³/mol. The maximum Gasteiger partial charge on any atom is 0.0911 e. The van der Waals surface area contributed by atoms with Crippen molar-refractivity contribution in [3.8, 4) is 0 Å². The summed E-state index contributed by atoms with van der Waals surface area (Å²) in [5.41, 5.74) is 1.87. The molecule has 82 valence electrons. The van der Waals surface area contributed by atoms with E-state index >= 15 is 0 Å². The van der Waals surface area contributed by atoms with Crippen molar-refractivity contribution in [2.75, 3.05) is 13.6 Å². The number of aryl methyl sites for hydroxylation is 1. The van der Waals surface area contributed by atoms with Crippen LogP contribution in [0, 0.1) is 0 Å². The first-order chi connectivity index (χ1) is 7.26. The van der Waals surface area contributed by atoms with Crippen molar-refractivity contribution < 1.29 is 5.11 Å². The lowest BCUT2D eigenvalue weighted by Gasteiger charge is -2.34. The molecule has 0 aliphatic heterocycles. The zero-order valence-corrected chi connectivity index (χ0v) is 9.29. The van der Waals surface area contributed by atoms with E-state index in [1.165, 1.54) is 5.56 Å². The maximum atomic E-state index is 10.6. The highest BCUT2D eigenvalue weighted by molar-refractivity contribution is 5.34. The quantitative estimate of drug-likeness (QED) is 0.789. The Kier molecular flexibility index (Phi) is 3.08. The summed E-state index contributed by atoms with van der Waals surface area (Å²) in [5.74, 6) is 0. The summed E-state index contributed by atoms with van der Waals surface area (Å²) in [6.45, 7) is 0.866. The number of rotatable bonds is 3. The number of hydrogen-bond donors (Lipinski definition) is 2. The van der Waals surface area contributed by atoms with Crippen LogP contribution in [0.25, 0.3) is 0 Å². The molecule has 0 aromatic heterocycles. The molecule has 2 heteroatoms. The lowest BCUT2D eigenvalue weighted by molar-refractivity contribution is 0.0109. The highest BCUT2D eigenvalue weighted by atomic mass is 16.3. The van der Waals surface area contributed by atoms with Gasteiger partial charge in [0.1, 0.15) is 0 Å². The van der Waals surface area contributed by atoms with E-state index in [4.69, 9.17) is 0 Å². The molecule has 0 saturated heterocycles. The Hall–Kier alpha value is -0.860. The molecule has 2 N–H and O–H groups in total. The average Bonchev–Trinajstić information content (AvgIpc) is 2.27. The molecule has 0 spiro atoms. The molecule has 0 saturated carbocycles. The van der Waals surface area contributed by atoms with Crippen molar-refractivity contribution >= 4 is 0 Å². The minimum absolute atomic E-state index is 0.599. The normalized spacial score (nSPS) is 24.9.